The molecule has 1 saturated carbocycles. The number of nitrogens with one attached hydrogen (secondary N) is 1. The van der Waals surface area contributed by atoms with Gasteiger partial charge in [0, 0.05) is 11.3 Å². The third kappa shape index (κ3) is 2.90. The fraction of sp³-hybridized carbons (Fsp3) is 0.353. The van der Waals surface area contributed by atoms with Crippen molar-refractivity contribution in [1.82, 2.24) is 25.4 Å². The van der Waals surface area contributed by atoms with Gasteiger partial charge in [0.25, 0.3) is 5.91 Å². The molecule has 0 saturated heterocycles. The van der Waals surface area contributed by atoms with Crippen molar-refractivity contribution in [2.75, 3.05) is 5.32 Å². The minimum Gasteiger partial charge on any atom is -0.361 e. The Morgan fingerprint density at radius 2 is 2.08 bits per heavy atom. The molecule has 8 nitrogen and oxygen atoms in total. The predicted octanol–water partition coefficient (Wildman–Crippen LogP) is 2.79. The highest BCUT2D eigenvalue weighted by atomic mass is 16.5. The van der Waals surface area contributed by atoms with Crippen LogP contribution in [0.4, 0.5) is 5.69 Å². The van der Waals surface area contributed by atoms with Gasteiger partial charge in [-0.25, -0.2) is 4.68 Å². The van der Waals surface area contributed by atoms with E-state index in [0.717, 1.165) is 24.2 Å². The third-order valence-electron chi connectivity index (χ3n) is 4.28. The van der Waals surface area contributed by atoms with E-state index in [1.807, 2.05) is 35.9 Å². The fourth-order valence-electron chi connectivity index (χ4n) is 2.80. The van der Waals surface area contributed by atoms with Crippen LogP contribution in [0.2, 0.25) is 0 Å². The first kappa shape index (κ1) is 15.5. The van der Waals surface area contributed by atoms with E-state index in [9.17, 15) is 4.79 Å². The van der Waals surface area contributed by atoms with Gasteiger partial charge in [-0.1, -0.05) is 12.1 Å². The molecular weight excluding hydrogens is 320 g/mol. The van der Waals surface area contributed by atoms with E-state index in [4.69, 9.17) is 4.52 Å². The zero-order valence-electron chi connectivity index (χ0n) is 14.1. The van der Waals surface area contributed by atoms with Crippen molar-refractivity contribution in [2.24, 2.45) is 0 Å². The smallest absolute Gasteiger partial charge is 0.261 e. The maximum atomic E-state index is 12.5. The molecule has 0 unspecified atom stereocenters. The highest BCUT2D eigenvalue weighted by Gasteiger charge is 2.28. The van der Waals surface area contributed by atoms with E-state index >= 15 is 0 Å². The lowest BCUT2D eigenvalue weighted by atomic mass is 10.1. The first-order valence-electron chi connectivity index (χ1n) is 8.32. The average molecular weight is 338 g/mol. The zero-order valence-corrected chi connectivity index (χ0v) is 14.1. The van der Waals surface area contributed by atoms with E-state index in [2.05, 4.69) is 26.0 Å². The van der Waals surface area contributed by atoms with Crippen molar-refractivity contribution in [3.8, 4) is 11.4 Å². The van der Waals surface area contributed by atoms with Gasteiger partial charge in [0.05, 0.1) is 11.7 Å². The average Bonchev–Trinajstić information content (AvgIpc) is 3.22. The van der Waals surface area contributed by atoms with Crippen molar-refractivity contribution in [3.63, 3.8) is 0 Å². The molecule has 8 heteroatoms. The van der Waals surface area contributed by atoms with Crippen LogP contribution in [-0.2, 0) is 6.42 Å². The molecule has 25 heavy (non-hydrogen) atoms. The summed E-state index contributed by atoms with van der Waals surface area (Å²) in [4.78, 5) is 12.5. The second-order valence-corrected chi connectivity index (χ2v) is 6.12. The number of carbonyl (C=O) groups excluding carboxylic acids is 1. The van der Waals surface area contributed by atoms with Crippen molar-refractivity contribution in [1.29, 1.82) is 0 Å². The van der Waals surface area contributed by atoms with Crippen molar-refractivity contribution in [3.05, 3.63) is 41.3 Å². The molecule has 1 aromatic carbocycles. The molecule has 0 bridgehead atoms. The Kier molecular flexibility index (Phi) is 3.79. The largest absolute Gasteiger partial charge is 0.361 e. The molecule has 1 amide bonds. The Balaban J connectivity index is 1.53. The van der Waals surface area contributed by atoms with Crippen LogP contribution in [0.5, 0.6) is 0 Å². The summed E-state index contributed by atoms with van der Waals surface area (Å²) in [6.07, 6.45) is 2.87. The molecule has 0 aliphatic heterocycles. The standard InChI is InChI=1S/C17H18N6O2/c1-3-14-15(10(2)25-20-14)17(24)18-12-6-4-11(5-7-12)16-19-21-22-23(16)13-8-9-13/h4-7,13H,3,8-9H2,1-2H3,(H,18,24). The van der Waals surface area contributed by atoms with Gasteiger partial charge < -0.3 is 9.84 Å². The molecule has 0 spiro atoms. The molecule has 0 atom stereocenters. The van der Waals surface area contributed by atoms with E-state index in [-0.39, 0.29) is 5.91 Å². The molecule has 128 valence electrons. The summed E-state index contributed by atoms with van der Waals surface area (Å²) in [5, 5.41) is 18.7. The van der Waals surface area contributed by atoms with Crippen LogP contribution in [-0.4, -0.2) is 31.3 Å². The fourth-order valence-corrected chi connectivity index (χ4v) is 2.80. The Hall–Kier alpha value is -3.03. The second-order valence-electron chi connectivity index (χ2n) is 6.12. The number of anilines is 1. The third-order valence-corrected chi connectivity index (χ3v) is 4.28. The first-order chi connectivity index (χ1) is 12.2. The van der Waals surface area contributed by atoms with Crippen LogP contribution < -0.4 is 5.32 Å². The summed E-state index contributed by atoms with van der Waals surface area (Å²) >= 11 is 0. The van der Waals surface area contributed by atoms with Crippen LogP contribution in [0.25, 0.3) is 11.4 Å². The molecular formula is C17H18N6O2. The van der Waals surface area contributed by atoms with Crippen LogP contribution >= 0.6 is 0 Å². The predicted molar refractivity (Wildman–Crippen MR) is 90.1 cm³/mol. The van der Waals surface area contributed by atoms with Gasteiger partial charge >= 0.3 is 0 Å². The maximum Gasteiger partial charge on any atom is 0.261 e. The monoisotopic (exact) mass is 338 g/mol. The zero-order chi connectivity index (χ0) is 17.4. The Morgan fingerprint density at radius 1 is 1.32 bits per heavy atom. The quantitative estimate of drug-likeness (QED) is 0.768. The van der Waals surface area contributed by atoms with Gasteiger partial charge in [0.15, 0.2) is 5.82 Å². The van der Waals surface area contributed by atoms with Crippen LogP contribution in [0, 0.1) is 6.92 Å². The highest BCUT2D eigenvalue weighted by Crippen LogP contribution is 2.36. The lowest BCUT2D eigenvalue weighted by Gasteiger charge is -2.07. The van der Waals surface area contributed by atoms with E-state index in [1.54, 1.807) is 6.92 Å². The van der Waals surface area contributed by atoms with Crippen molar-refractivity contribution in [2.45, 2.75) is 39.2 Å². The molecule has 4 rings (SSSR count). The van der Waals surface area contributed by atoms with E-state index in [0.29, 0.717) is 35.2 Å². The Labute approximate surface area is 144 Å². The van der Waals surface area contributed by atoms with Gasteiger partial charge in [-0.15, -0.1) is 5.10 Å². The minimum absolute atomic E-state index is 0.217. The number of tetrazole rings is 1. The van der Waals surface area contributed by atoms with Crippen molar-refractivity contribution >= 4 is 11.6 Å². The number of hydrogen-bond donors (Lipinski definition) is 1. The topological polar surface area (TPSA) is 98.7 Å². The first-order valence-corrected chi connectivity index (χ1v) is 8.32. The van der Waals surface area contributed by atoms with Crippen LogP contribution in [0.1, 0.15) is 47.6 Å². The number of carbonyl (C=O) groups is 1. The Bertz CT molecular complexity index is 908. The molecule has 1 N–H and O–H groups in total. The second kappa shape index (κ2) is 6.12. The molecule has 1 aliphatic carbocycles. The lowest BCUT2D eigenvalue weighted by molar-refractivity contribution is 0.102. The molecule has 1 aliphatic rings. The number of amides is 1. The number of aromatic nitrogens is 5. The van der Waals surface area contributed by atoms with Gasteiger partial charge in [0.2, 0.25) is 0 Å². The number of aryl methyl sites for hydroxylation is 2. The SMILES string of the molecule is CCc1noc(C)c1C(=O)Nc1ccc(-c2nnnn2C2CC2)cc1. The molecule has 0 radical (unpaired) electrons. The molecule has 2 heterocycles. The summed E-state index contributed by atoms with van der Waals surface area (Å²) in [6.45, 7) is 3.68. The maximum absolute atomic E-state index is 12.5. The van der Waals surface area contributed by atoms with Gasteiger partial charge in [-0.3, -0.25) is 4.79 Å². The number of rotatable bonds is 5. The molecule has 1 fully saturated rings. The molecule has 3 aromatic rings. The number of benzene rings is 1. The lowest BCUT2D eigenvalue weighted by Crippen LogP contribution is -2.14. The Morgan fingerprint density at radius 3 is 2.76 bits per heavy atom. The number of nitrogens with zero attached hydrogens (tertiary/aromatic N) is 5. The van der Waals surface area contributed by atoms with Crippen molar-refractivity contribution < 1.29 is 9.32 Å². The van der Waals surface area contributed by atoms with Gasteiger partial charge in [-0.2, -0.15) is 0 Å². The summed E-state index contributed by atoms with van der Waals surface area (Å²) in [7, 11) is 0. The van der Waals surface area contributed by atoms with Crippen LogP contribution in [0.15, 0.2) is 28.8 Å². The van der Waals surface area contributed by atoms with Gasteiger partial charge in [0.1, 0.15) is 11.3 Å². The normalized spacial score (nSPS) is 13.8. The summed E-state index contributed by atoms with van der Waals surface area (Å²) in [5.74, 6) is 1.06. The summed E-state index contributed by atoms with van der Waals surface area (Å²) in [6, 6.07) is 7.90. The van der Waals surface area contributed by atoms with Crippen LogP contribution in [0.3, 0.4) is 0 Å². The highest BCUT2D eigenvalue weighted by molar-refractivity contribution is 6.05. The van der Waals surface area contributed by atoms with E-state index < -0.39 is 0 Å². The molecule has 2 aromatic heterocycles. The van der Waals surface area contributed by atoms with E-state index in [1.165, 1.54) is 0 Å². The summed E-state index contributed by atoms with van der Waals surface area (Å²) in [5.41, 5.74) is 2.78. The number of hydrogen-bond acceptors (Lipinski definition) is 6. The minimum atomic E-state index is -0.217. The summed E-state index contributed by atoms with van der Waals surface area (Å²) < 4.78 is 6.98. The van der Waals surface area contributed by atoms with Gasteiger partial charge in [-0.05, 0) is 60.9 Å².